The summed E-state index contributed by atoms with van der Waals surface area (Å²) in [6, 6.07) is 0. The van der Waals surface area contributed by atoms with Gasteiger partial charge in [-0.25, -0.2) is 23.3 Å². The minimum Gasteiger partial charge on any atom is -1.00 e. The predicted octanol–water partition coefficient (Wildman–Crippen LogP) is 1.02. The van der Waals surface area contributed by atoms with Crippen LogP contribution in [0.2, 0.25) is 13.1 Å². The maximum Gasteiger partial charge on any atom is -1.00 e. The van der Waals surface area contributed by atoms with Crippen molar-refractivity contribution in [1.29, 1.82) is 0 Å². The Morgan fingerprint density at radius 3 is 1.08 bits per heavy atom. The Bertz CT molecular complexity index is 518. The molecule has 0 unspecified atom stereocenters. The van der Waals surface area contributed by atoms with E-state index in [-0.39, 0.29) is 41.1 Å². The minimum atomic E-state index is 0. The van der Waals surface area contributed by atoms with E-state index in [2.05, 4.69) is 92.8 Å². The largest absolute Gasteiger partial charge is 1.00 e. The minimum absolute atomic E-state index is 0. The Hall–Kier alpha value is 0.627. The van der Waals surface area contributed by atoms with Gasteiger partial charge in [0.15, 0.2) is 0 Å². The number of allylic oxidation sites excluding steroid dienone is 8. The first kappa shape index (κ1) is 31.3. The number of hydrogen-bond donors (Lipinski definition) is 0. The molecule has 0 aliphatic heterocycles. The Morgan fingerprint density at radius 1 is 0.769 bits per heavy atom. The molecule has 2 aliphatic rings. The fraction of sp³-hybridized carbons (Fsp3) is 0.636. The van der Waals surface area contributed by atoms with Crippen molar-refractivity contribution >= 4 is 5.49 Å². The van der Waals surface area contributed by atoms with Crippen molar-refractivity contribution in [3.05, 3.63) is 46.6 Å². The average Bonchev–Trinajstić information content (AvgIpc) is 2.96. The van der Waals surface area contributed by atoms with Crippen LogP contribution in [0.1, 0.15) is 68.2 Å². The van der Waals surface area contributed by atoms with Gasteiger partial charge in [-0.05, 0) is 10.8 Å². The van der Waals surface area contributed by atoms with E-state index in [0.717, 1.165) is 12.8 Å². The van der Waals surface area contributed by atoms with E-state index >= 15 is 0 Å². The number of halogens is 2. The molecule has 0 radical (unpaired) electrons. The second-order valence-corrected chi connectivity index (χ2v) is 21.8. The van der Waals surface area contributed by atoms with Crippen LogP contribution in [0.15, 0.2) is 34.4 Å². The maximum absolute atomic E-state index is 3.37. The van der Waals surface area contributed by atoms with Gasteiger partial charge in [0.05, 0.1) is 0 Å². The van der Waals surface area contributed by atoms with E-state index in [0.29, 0.717) is 0 Å². The zero-order chi connectivity index (χ0) is 19.1. The molecule has 0 nitrogen and oxygen atoms in total. The van der Waals surface area contributed by atoms with Crippen molar-refractivity contribution in [1.82, 2.24) is 0 Å². The molecule has 0 atom stereocenters. The first-order valence-electron chi connectivity index (χ1n) is 8.82. The number of hydrogen-bond acceptors (Lipinski definition) is 0. The van der Waals surface area contributed by atoms with Crippen LogP contribution in [-0.4, -0.2) is 5.49 Å². The van der Waals surface area contributed by atoms with Gasteiger partial charge in [0.2, 0.25) is 0 Å². The van der Waals surface area contributed by atoms with Crippen molar-refractivity contribution < 1.29 is 47.8 Å². The van der Waals surface area contributed by atoms with Gasteiger partial charge in [-0.1, -0.05) is 55.4 Å². The monoisotopic (exact) mass is 578 g/mol. The molecule has 2 aliphatic carbocycles. The van der Waals surface area contributed by atoms with Crippen LogP contribution in [0.3, 0.4) is 0 Å². The first-order valence-corrected chi connectivity index (χ1v) is 16.7. The standard InChI is InChI=1S/2C10H15.C2H6Si.2ClH.Hf/c2*1-8-5-6-9(7-8)10(2,3)4;1-3-2;;;/h2*7H,5H2,1-4H3;1-2H3;2*1H;/q2*-1;;;;+2/p-2. The zero-order valence-electron chi connectivity index (χ0n) is 18.3. The van der Waals surface area contributed by atoms with E-state index in [1.165, 1.54) is 45.3 Å². The van der Waals surface area contributed by atoms with E-state index in [9.17, 15) is 0 Å². The summed E-state index contributed by atoms with van der Waals surface area (Å²) in [6.45, 7) is 22.3. The summed E-state index contributed by atoms with van der Waals surface area (Å²) >= 11 is 1.45. The van der Waals surface area contributed by atoms with Crippen molar-refractivity contribution in [2.45, 2.75) is 81.3 Å². The topological polar surface area (TPSA) is 0 Å². The summed E-state index contributed by atoms with van der Waals surface area (Å²) in [5, 5.41) is 0. The molecule has 0 amide bonds. The Kier molecular flexibility index (Phi) is 16.6. The first-order chi connectivity index (χ1) is 10.7. The molecule has 0 aromatic heterocycles. The summed E-state index contributed by atoms with van der Waals surface area (Å²) in [4.78, 5) is 0. The van der Waals surface area contributed by atoms with Crippen molar-refractivity contribution in [3.63, 3.8) is 0 Å². The predicted molar refractivity (Wildman–Crippen MR) is 107 cm³/mol. The van der Waals surface area contributed by atoms with Gasteiger partial charge in [0, 0.05) is 0 Å². The molecule has 0 saturated carbocycles. The second kappa shape index (κ2) is 13.7. The summed E-state index contributed by atoms with van der Waals surface area (Å²) < 4.78 is 0. The van der Waals surface area contributed by atoms with Crippen molar-refractivity contribution in [3.8, 4) is 0 Å². The molecular formula is C22H36Cl2HfSi-2. The molecule has 148 valence electrons. The second-order valence-electron chi connectivity index (χ2n) is 9.02. The van der Waals surface area contributed by atoms with Gasteiger partial charge in [-0.15, -0.1) is 12.8 Å². The Morgan fingerprint density at radius 2 is 1.00 bits per heavy atom. The molecule has 2 rings (SSSR count). The fourth-order valence-corrected chi connectivity index (χ4v) is 2.13. The fourth-order valence-electron chi connectivity index (χ4n) is 2.13. The van der Waals surface area contributed by atoms with Crippen LogP contribution < -0.4 is 24.8 Å². The third-order valence-corrected chi connectivity index (χ3v) is 3.51. The van der Waals surface area contributed by atoms with Crippen LogP contribution in [-0.2, 0) is 23.0 Å². The van der Waals surface area contributed by atoms with Gasteiger partial charge in [0.25, 0.3) is 0 Å². The van der Waals surface area contributed by atoms with E-state index in [1.807, 2.05) is 0 Å². The summed E-state index contributed by atoms with van der Waals surface area (Å²) in [5.74, 6) is 0. The molecule has 0 fully saturated rings. The molecule has 0 spiro atoms. The molecule has 0 heterocycles. The molecule has 0 bridgehead atoms. The summed E-state index contributed by atoms with van der Waals surface area (Å²) in [5.41, 5.74) is 6.44. The summed E-state index contributed by atoms with van der Waals surface area (Å²) in [7, 11) is 0. The normalized spacial score (nSPS) is 15.5. The third-order valence-electron chi connectivity index (χ3n) is 3.51. The van der Waals surface area contributed by atoms with E-state index in [1.54, 1.807) is 0 Å². The molecular weight excluding hydrogens is 542 g/mol. The van der Waals surface area contributed by atoms with Gasteiger partial charge in [0.1, 0.15) is 0 Å². The SMILES string of the molecule is CC1=CC(C(C)(C)C)=[C-]C1.CC1=CC(C(C)(C)C)=[C-]C1.C[Si](C)=[Hf+2].[Cl-].[Cl-]. The summed E-state index contributed by atoms with van der Waals surface area (Å²) in [6.07, 6.45) is 13.3. The molecule has 0 saturated heterocycles. The van der Waals surface area contributed by atoms with Gasteiger partial charge < -0.3 is 24.8 Å². The smallest absolute Gasteiger partial charge is 1.00 e. The maximum atomic E-state index is 3.37. The van der Waals surface area contributed by atoms with Crippen molar-refractivity contribution in [2.75, 3.05) is 0 Å². The molecule has 0 aromatic carbocycles. The van der Waals surface area contributed by atoms with Crippen molar-refractivity contribution in [2.24, 2.45) is 10.8 Å². The van der Waals surface area contributed by atoms with Gasteiger partial charge >= 0.3 is 41.6 Å². The molecule has 26 heavy (non-hydrogen) atoms. The molecule has 4 heteroatoms. The van der Waals surface area contributed by atoms with Crippen LogP contribution in [0.4, 0.5) is 0 Å². The Balaban J connectivity index is -0.000000319. The van der Waals surface area contributed by atoms with Crippen LogP contribution >= 0.6 is 0 Å². The quantitative estimate of drug-likeness (QED) is 0.298. The van der Waals surface area contributed by atoms with Gasteiger partial charge in [-0.2, -0.15) is 11.1 Å². The van der Waals surface area contributed by atoms with Crippen LogP contribution in [0, 0.1) is 23.0 Å². The molecule has 0 N–H and O–H groups in total. The Labute approximate surface area is 191 Å². The zero-order valence-corrected chi connectivity index (χ0v) is 24.4. The van der Waals surface area contributed by atoms with E-state index in [4.69, 9.17) is 0 Å². The van der Waals surface area contributed by atoms with Gasteiger partial charge in [-0.3, -0.25) is 12.2 Å². The van der Waals surface area contributed by atoms with Crippen LogP contribution in [0.25, 0.3) is 0 Å². The van der Waals surface area contributed by atoms with E-state index < -0.39 is 0 Å². The average molecular weight is 578 g/mol. The third kappa shape index (κ3) is 14.7. The number of rotatable bonds is 0. The van der Waals surface area contributed by atoms with Crippen LogP contribution in [0.5, 0.6) is 0 Å². The molecule has 0 aromatic rings.